The number of rotatable bonds is 6. The Balaban J connectivity index is 2.15. The molecule has 0 spiro atoms. The lowest BCUT2D eigenvalue weighted by molar-refractivity contribution is -0.128. The lowest BCUT2D eigenvalue weighted by atomic mass is 10.1. The van der Waals surface area contributed by atoms with Gasteiger partial charge in [-0.05, 0) is 31.9 Å². The minimum Gasteiger partial charge on any atom is -0.477 e. The van der Waals surface area contributed by atoms with Crippen molar-refractivity contribution in [3.8, 4) is 5.75 Å². The van der Waals surface area contributed by atoms with Crippen molar-refractivity contribution in [1.82, 2.24) is 5.32 Å². The van der Waals surface area contributed by atoms with Crippen molar-refractivity contribution in [2.24, 2.45) is 0 Å². The molecule has 1 aliphatic rings. The lowest BCUT2D eigenvalue weighted by Crippen LogP contribution is -2.51. The predicted molar refractivity (Wildman–Crippen MR) is 90.4 cm³/mol. The molecule has 0 aromatic heterocycles. The highest BCUT2D eigenvalue weighted by molar-refractivity contribution is 5.83. The summed E-state index contributed by atoms with van der Waals surface area (Å²) >= 11 is 0. The summed E-state index contributed by atoms with van der Waals surface area (Å²) in [5, 5.41) is 3.08. The summed E-state index contributed by atoms with van der Waals surface area (Å²) in [5.41, 5.74) is 2.09. The number of ether oxygens (including phenoxy) is 1. The molecule has 1 atom stereocenters. The molecule has 1 aliphatic heterocycles. The number of para-hydroxylation sites is 2. The maximum Gasteiger partial charge on any atom is 0.263 e. The Morgan fingerprint density at radius 2 is 2.09 bits per heavy atom. The van der Waals surface area contributed by atoms with Crippen molar-refractivity contribution >= 4 is 11.6 Å². The van der Waals surface area contributed by atoms with Gasteiger partial charge in [0.25, 0.3) is 5.91 Å². The van der Waals surface area contributed by atoms with Gasteiger partial charge in [0.15, 0.2) is 6.10 Å². The molecule has 1 unspecified atom stereocenters. The molecule has 0 aliphatic carbocycles. The van der Waals surface area contributed by atoms with Crippen molar-refractivity contribution in [3.63, 3.8) is 0 Å². The molecule has 22 heavy (non-hydrogen) atoms. The quantitative estimate of drug-likeness (QED) is 0.821. The minimum atomic E-state index is -0.477. The standard InChI is InChI=1S/C18H26N2O2/c1-5-14(6-2)19-18(21)17-12-20(11-13(3)4)15-9-7-8-10-16(15)22-17/h7-10,14,17H,3,5-6,11-12H2,1-2,4H3,(H,19,21). The predicted octanol–water partition coefficient (Wildman–Crippen LogP) is 3.13. The van der Waals surface area contributed by atoms with E-state index in [0.29, 0.717) is 6.54 Å². The number of amides is 1. The van der Waals surface area contributed by atoms with Crippen LogP contribution >= 0.6 is 0 Å². The van der Waals surface area contributed by atoms with Crippen molar-refractivity contribution in [2.45, 2.75) is 45.8 Å². The maximum absolute atomic E-state index is 12.5. The van der Waals surface area contributed by atoms with E-state index in [1.807, 2.05) is 31.2 Å². The molecule has 2 rings (SSSR count). The first-order valence-electron chi connectivity index (χ1n) is 8.00. The highest BCUT2D eigenvalue weighted by atomic mass is 16.5. The number of benzene rings is 1. The van der Waals surface area contributed by atoms with Crippen LogP contribution in [0.3, 0.4) is 0 Å². The van der Waals surface area contributed by atoms with E-state index in [2.05, 4.69) is 30.6 Å². The van der Waals surface area contributed by atoms with Gasteiger partial charge in [0.05, 0.1) is 12.2 Å². The van der Waals surface area contributed by atoms with Gasteiger partial charge in [0.2, 0.25) is 0 Å². The molecule has 4 nitrogen and oxygen atoms in total. The minimum absolute atomic E-state index is 0.0325. The molecule has 4 heteroatoms. The molecule has 0 fully saturated rings. The van der Waals surface area contributed by atoms with E-state index in [0.717, 1.165) is 36.4 Å². The van der Waals surface area contributed by atoms with Crippen LogP contribution < -0.4 is 15.0 Å². The molecule has 0 saturated heterocycles. The second-order valence-electron chi connectivity index (χ2n) is 5.93. The number of hydrogen-bond donors (Lipinski definition) is 1. The fourth-order valence-corrected chi connectivity index (χ4v) is 2.71. The monoisotopic (exact) mass is 302 g/mol. The summed E-state index contributed by atoms with van der Waals surface area (Å²) in [6, 6.07) is 8.06. The summed E-state index contributed by atoms with van der Waals surface area (Å²) in [5.74, 6) is 0.731. The molecule has 1 aromatic carbocycles. The summed E-state index contributed by atoms with van der Waals surface area (Å²) in [7, 11) is 0. The van der Waals surface area contributed by atoms with E-state index in [-0.39, 0.29) is 11.9 Å². The number of carbonyl (C=O) groups excluding carboxylic acids is 1. The number of hydrogen-bond acceptors (Lipinski definition) is 3. The molecule has 1 amide bonds. The third-order valence-corrected chi connectivity index (χ3v) is 3.95. The fourth-order valence-electron chi connectivity index (χ4n) is 2.71. The number of fused-ring (bicyclic) bond motifs is 1. The number of carbonyl (C=O) groups is 1. The lowest BCUT2D eigenvalue weighted by Gasteiger charge is -2.36. The van der Waals surface area contributed by atoms with Gasteiger partial charge in [0.1, 0.15) is 5.75 Å². The third-order valence-electron chi connectivity index (χ3n) is 3.95. The Bertz CT molecular complexity index is 538. The number of nitrogens with zero attached hydrogens (tertiary/aromatic N) is 1. The van der Waals surface area contributed by atoms with Gasteiger partial charge in [-0.1, -0.05) is 38.1 Å². The van der Waals surface area contributed by atoms with Gasteiger partial charge in [0, 0.05) is 12.6 Å². The first kappa shape index (κ1) is 16.4. The normalized spacial score (nSPS) is 16.9. The molecule has 0 radical (unpaired) electrons. The van der Waals surface area contributed by atoms with Crippen LogP contribution in [0.25, 0.3) is 0 Å². The largest absolute Gasteiger partial charge is 0.477 e. The summed E-state index contributed by atoms with van der Waals surface area (Å²) < 4.78 is 5.91. The highest BCUT2D eigenvalue weighted by Crippen LogP contribution is 2.33. The van der Waals surface area contributed by atoms with E-state index in [1.165, 1.54) is 0 Å². The second kappa shape index (κ2) is 7.34. The first-order chi connectivity index (χ1) is 10.5. The molecule has 1 heterocycles. The van der Waals surface area contributed by atoms with Gasteiger partial charge < -0.3 is 15.0 Å². The van der Waals surface area contributed by atoms with Crippen molar-refractivity contribution < 1.29 is 9.53 Å². The summed E-state index contributed by atoms with van der Waals surface area (Å²) in [6.07, 6.45) is 1.39. The molecule has 1 N–H and O–H groups in total. The topological polar surface area (TPSA) is 41.6 Å². The van der Waals surface area contributed by atoms with Crippen molar-refractivity contribution in [2.75, 3.05) is 18.0 Å². The van der Waals surface area contributed by atoms with E-state index >= 15 is 0 Å². The van der Waals surface area contributed by atoms with Crippen LogP contribution in [0.15, 0.2) is 36.4 Å². The zero-order valence-corrected chi connectivity index (χ0v) is 13.8. The Hall–Kier alpha value is -1.97. The van der Waals surface area contributed by atoms with Crippen LogP contribution in [0.4, 0.5) is 5.69 Å². The fraction of sp³-hybridized carbons (Fsp3) is 0.500. The van der Waals surface area contributed by atoms with Gasteiger partial charge in [-0.25, -0.2) is 0 Å². The van der Waals surface area contributed by atoms with Crippen LogP contribution in [-0.4, -0.2) is 31.1 Å². The third kappa shape index (κ3) is 3.81. The zero-order chi connectivity index (χ0) is 16.1. The van der Waals surface area contributed by atoms with Gasteiger partial charge in [-0.2, -0.15) is 0 Å². The Morgan fingerprint density at radius 1 is 1.41 bits per heavy atom. The average molecular weight is 302 g/mol. The highest BCUT2D eigenvalue weighted by Gasteiger charge is 2.31. The van der Waals surface area contributed by atoms with Crippen LogP contribution in [0.5, 0.6) is 5.75 Å². The molecule has 0 bridgehead atoms. The number of anilines is 1. The van der Waals surface area contributed by atoms with E-state index in [9.17, 15) is 4.79 Å². The zero-order valence-electron chi connectivity index (χ0n) is 13.8. The first-order valence-corrected chi connectivity index (χ1v) is 8.00. The van der Waals surface area contributed by atoms with Crippen LogP contribution in [-0.2, 0) is 4.79 Å². The second-order valence-corrected chi connectivity index (χ2v) is 5.93. The van der Waals surface area contributed by atoms with Gasteiger partial charge in [-0.15, -0.1) is 0 Å². The maximum atomic E-state index is 12.5. The molecule has 1 aromatic rings. The Morgan fingerprint density at radius 3 is 2.73 bits per heavy atom. The molecule has 120 valence electrons. The smallest absolute Gasteiger partial charge is 0.263 e. The molecular weight excluding hydrogens is 276 g/mol. The van der Waals surface area contributed by atoms with Crippen molar-refractivity contribution in [3.05, 3.63) is 36.4 Å². The average Bonchev–Trinajstić information content (AvgIpc) is 2.51. The van der Waals surface area contributed by atoms with E-state index < -0.39 is 6.10 Å². The number of nitrogens with one attached hydrogen (secondary N) is 1. The van der Waals surface area contributed by atoms with Crippen LogP contribution in [0, 0.1) is 0 Å². The van der Waals surface area contributed by atoms with E-state index in [1.54, 1.807) is 0 Å². The van der Waals surface area contributed by atoms with Crippen LogP contribution in [0.2, 0.25) is 0 Å². The van der Waals surface area contributed by atoms with Crippen LogP contribution in [0.1, 0.15) is 33.6 Å². The van der Waals surface area contributed by atoms with Crippen molar-refractivity contribution in [1.29, 1.82) is 0 Å². The Labute approximate surface area is 133 Å². The Kier molecular flexibility index (Phi) is 5.47. The summed E-state index contributed by atoms with van der Waals surface area (Å²) in [6.45, 7) is 11.4. The molecule has 0 saturated carbocycles. The SMILES string of the molecule is C=C(C)CN1CC(C(=O)NC(CC)CC)Oc2ccccc21. The van der Waals surface area contributed by atoms with Gasteiger partial charge in [-0.3, -0.25) is 4.79 Å². The van der Waals surface area contributed by atoms with E-state index in [4.69, 9.17) is 4.74 Å². The summed E-state index contributed by atoms with van der Waals surface area (Å²) in [4.78, 5) is 14.6. The molecular formula is C18H26N2O2. The van der Waals surface area contributed by atoms with Gasteiger partial charge >= 0.3 is 0 Å².